The lowest BCUT2D eigenvalue weighted by Crippen LogP contribution is -2.08. The van der Waals surface area contributed by atoms with E-state index in [9.17, 15) is 9.59 Å². The number of rotatable bonds is 7. The van der Waals surface area contributed by atoms with Gasteiger partial charge in [0.1, 0.15) is 0 Å². The molecule has 0 aliphatic carbocycles. The molecule has 0 atom stereocenters. The van der Waals surface area contributed by atoms with Gasteiger partial charge in [-0.2, -0.15) is 0 Å². The van der Waals surface area contributed by atoms with Crippen molar-refractivity contribution in [3.05, 3.63) is 63.3 Å². The van der Waals surface area contributed by atoms with E-state index in [1.807, 2.05) is 31.2 Å². The molecule has 0 spiro atoms. The number of aliphatic imine (C=N–C) groups is 1. The third-order valence-corrected chi connectivity index (χ3v) is 5.26. The summed E-state index contributed by atoms with van der Waals surface area (Å²) in [6, 6.07) is 11.2. The number of halogens is 1. The first-order valence-electron chi connectivity index (χ1n) is 10.0. The van der Waals surface area contributed by atoms with E-state index >= 15 is 0 Å². The lowest BCUT2D eigenvalue weighted by atomic mass is 10.0. The maximum atomic E-state index is 12.3. The Morgan fingerprint density at radius 1 is 1.23 bits per heavy atom. The molecule has 2 aromatic rings. The van der Waals surface area contributed by atoms with Gasteiger partial charge in [-0.3, -0.25) is 4.79 Å². The van der Waals surface area contributed by atoms with Crippen molar-refractivity contribution in [3.63, 3.8) is 0 Å². The topological polar surface area (TPSA) is 74.2 Å². The third-order valence-electron chi connectivity index (χ3n) is 4.67. The molecule has 1 aliphatic rings. The highest BCUT2D eigenvalue weighted by Gasteiger charge is 2.25. The van der Waals surface area contributed by atoms with Crippen molar-refractivity contribution in [2.75, 3.05) is 7.11 Å². The summed E-state index contributed by atoms with van der Waals surface area (Å²) in [5.74, 6) is 0.469. The van der Waals surface area contributed by atoms with E-state index < -0.39 is 5.97 Å². The van der Waals surface area contributed by atoms with Gasteiger partial charge in [0.25, 0.3) is 0 Å². The van der Waals surface area contributed by atoms with Gasteiger partial charge in [-0.1, -0.05) is 32.9 Å². The van der Waals surface area contributed by atoms with E-state index in [0.717, 1.165) is 5.56 Å². The van der Waals surface area contributed by atoms with Crippen LogP contribution in [-0.2, 0) is 14.3 Å². The zero-order valence-electron chi connectivity index (χ0n) is 17.9. The fraction of sp³-hybridized carbons (Fsp3) is 0.292. The maximum Gasteiger partial charge on any atom is 0.363 e. The first-order valence-corrected chi connectivity index (χ1v) is 10.8. The minimum atomic E-state index is -0.531. The number of benzene rings is 2. The second kappa shape index (κ2) is 9.92. The Labute approximate surface area is 190 Å². The molecule has 0 saturated carbocycles. The largest absolute Gasteiger partial charge is 0.493 e. The van der Waals surface area contributed by atoms with Crippen LogP contribution in [-0.4, -0.2) is 24.9 Å². The highest BCUT2D eigenvalue weighted by Crippen LogP contribution is 2.38. The van der Waals surface area contributed by atoms with Crippen LogP contribution >= 0.6 is 15.9 Å². The van der Waals surface area contributed by atoms with Gasteiger partial charge in [-0.05, 0) is 69.7 Å². The standard InChI is InChI=1S/C24H24BrNO5/c1-5-6-21(27)30-22-18(25)11-15(13-20(22)29-4)12-19-24(28)31-23(26-19)17-9-7-16(8-10-17)14(2)3/h7-14H,5-6H2,1-4H3/b19-12-. The lowest BCUT2D eigenvalue weighted by molar-refractivity contribution is -0.134. The quantitative estimate of drug-likeness (QED) is 0.288. The molecule has 1 heterocycles. The molecule has 6 nitrogen and oxygen atoms in total. The van der Waals surface area contributed by atoms with Crippen LogP contribution in [0.5, 0.6) is 11.5 Å². The van der Waals surface area contributed by atoms with Crippen LogP contribution < -0.4 is 9.47 Å². The Hall–Kier alpha value is -2.93. The van der Waals surface area contributed by atoms with Gasteiger partial charge in [0.05, 0.1) is 11.6 Å². The van der Waals surface area contributed by atoms with Gasteiger partial charge in [0.2, 0.25) is 5.90 Å². The number of nitrogens with zero attached hydrogens (tertiary/aromatic N) is 1. The Bertz CT molecular complexity index is 1050. The second-order valence-electron chi connectivity index (χ2n) is 7.37. The SMILES string of the molecule is CCCC(=O)Oc1c(Br)cc(/C=C2\N=C(c3ccc(C(C)C)cc3)OC2=O)cc1OC. The number of esters is 2. The molecule has 0 saturated heterocycles. The minimum absolute atomic E-state index is 0.174. The van der Waals surface area contributed by atoms with E-state index in [2.05, 4.69) is 34.8 Å². The number of methoxy groups -OCH3 is 1. The van der Waals surface area contributed by atoms with E-state index in [1.54, 1.807) is 18.2 Å². The monoisotopic (exact) mass is 485 g/mol. The average Bonchev–Trinajstić information content (AvgIpc) is 3.10. The Balaban J connectivity index is 1.89. The van der Waals surface area contributed by atoms with E-state index in [4.69, 9.17) is 14.2 Å². The van der Waals surface area contributed by atoms with Crippen molar-refractivity contribution in [3.8, 4) is 11.5 Å². The van der Waals surface area contributed by atoms with Gasteiger partial charge in [0.15, 0.2) is 17.2 Å². The Kier molecular flexibility index (Phi) is 7.28. The molecule has 31 heavy (non-hydrogen) atoms. The smallest absolute Gasteiger partial charge is 0.363 e. The number of ether oxygens (including phenoxy) is 3. The summed E-state index contributed by atoms with van der Waals surface area (Å²) in [5, 5.41) is 0. The van der Waals surface area contributed by atoms with Crippen LogP contribution in [0.3, 0.4) is 0 Å². The van der Waals surface area contributed by atoms with Crippen molar-refractivity contribution < 1.29 is 23.8 Å². The van der Waals surface area contributed by atoms with Crippen molar-refractivity contribution >= 4 is 39.8 Å². The number of carbonyl (C=O) groups excluding carboxylic acids is 2. The Morgan fingerprint density at radius 2 is 1.94 bits per heavy atom. The van der Waals surface area contributed by atoms with Gasteiger partial charge in [-0.15, -0.1) is 0 Å². The van der Waals surface area contributed by atoms with Crippen LogP contribution in [0.15, 0.2) is 51.6 Å². The zero-order valence-corrected chi connectivity index (χ0v) is 19.5. The maximum absolute atomic E-state index is 12.3. The summed E-state index contributed by atoms with van der Waals surface area (Å²) in [6.07, 6.45) is 2.59. The van der Waals surface area contributed by atoms with Gasteiger partial charge in [0, 0.05) is 12.0 Å². The van der Waals surface area contributed by atoms with Gasteiger partial charge < -0.3 is 14.2 Å². The average molecular weight is 486 g/mol. The molecule has 0 unspecified atom stereocenters. The molecule has 2 aromatic carbocycles. The van der Waals surface area contributed by atoms with E-state index in [1.165, 1.54) is 12.7 Å². The molecule has 1 aliphatic heterocycles. The highest BCUT2D eigenvalue weighted by molar-refractivity contribution is 9.10. The van der Waals surface area contributed by atoms with Crippen molar-refractivity contribution in [2.24, 2.45) is 4.99 Å². The lowest BCUT2D eigenvalue weighted by Gasteiger charge is -2.12. The van der Waals surface area contributed by atoms with Crippen LogP contribution in [0, 0.1) is 0 Å². The number of hydrogen-bond acceptors (Lipinski definition) is 6. The van der Waals surface area contributed by atoms with Crippen molar-refractivity contribution in [1.82, 2.24) is 0 Å². The minimum Gasteiger partial charge on any atom is -0.493 e. The molecule has 0 amide bonds. The number of hydrogen-bond donors (Lipinski definition) is 0. The fourth-order valence-electron chi connectivity index (χ4n) is 2.99. The highest BCUT2D eigenvalue weighted by atomic mass is 79.9. The molecular weight excluding hydrogens is 462 g/mol. The number of carbonyl (C=O) groups is 2. The van der Waals surface area contributed by atoms with Crippen molar-refractivity contribution in [1.29, 1.82) is 0 Å². The molecule has 162 valence electrons. The molecule has 3 rings (SSSR count). The molecule has 7 heteroatoms. The van der Waals surface area contributed by atoms with Crippen LogP contribution in [0.2, 0.25) is 0 Å². The van der Waals surface area contributed by atoms with Crippen LogP contribution in [0.1, 0.15) is 56.2 Å². The molecule has 0 bridgehead atoms. The first kappa shape index (κ1) is 22.7. The van der Waals surface area contributed by atoms with Crippen molar-refractivity contribution in [2.45, 2.75) is 39.5 Å². The molecule has 0 fully saturated rings. The summed E-state index contributed by atoms with van der Waals surface area (Å²) in [7, 11) is 1.48. The normalized spacial score (nSPS) is 14.6. The summed E-state index contributed by atoms with van der Waals surface area (Å²) in [5.41, 5.74) is 2.75. The van der Waals surface area contributed by atoms with Crippen LogP contribution in [0.25, 0.3) is 6.08 Å². The van der Waals surface area contributed by atoms with Gasteiger partial charge in [-0.25, -0.2) is 9.79 Å². The predicted molar refractivity (Wildman–Crippen MR) is 122 cm³/mol. The zero-order chi connectivity index (χ0) is 22.5. The first-order chi connectivity index (χ1) is 14.8. The molecule has 0 aromatic heterocycles. The predicted octanol–water partition coefficient (Wildman–Crippen LogP) is 5.63. The van der Waals surface area contributed by atoms with Gasteiger partial charge >= 0.3 is 11.9 Å². The summed E-state index contributed by atoms with van der Waals surface area (Å²) in [6.45, 7) is 6.13. The third kappa shape index (κ3) is 5.41. The summed E-state index contributed by atoms with van der Waals surface area (Å²) >= 11 is 3.41. The summed E-state index contributed by atoms with van der Waals surface area (Å²) in [4.78, 5) is 28.6. The van der Waals surface area contributed by atoms with E-state index in [-0.39, 0.29) is 17.6 Å². The summed E-state index contributed by atoms with van der Waals surface area (Å²) < 4.78 is 16.7. The molecular formula is C24H24BrNO5. The Morgan fingerprint density at radius 3 is 2.55 bits per heavy atom. The molecule has 0 N–H and O–H groups in total. The number of cyclic esters (lactones) is 1. The second-order valence-corrected chi connectivity index (χ2v) is 8.23. The van der Waals surface area contributed by atoms with E-state index in [0.29, 0.717) is 40.3 Å². The fourth-order valence-corrected chi connectivity index (χ4v) is 3.53. The molecule has 0 radical (unpaired) electrons. The van der Waals surface area contributed by atoms with Crippen LogP contribution in [0.4, 0.5) is 0 Å².